The standard InChI is InChI=1S/C9H13F3N4O2S/c1-8(2,3)18-6(17)4-19-7-13-14-15-16(7)5-9(10,11)12/h4-5H2,1-3H3. The molecule has 0 spiro atoms. The van der Waals surface area contributed by atoms with E-state index in [-0.39, 0.29) is 10.9 Å². The van der Waals surface area contributed by atoms with E-state index in [2.05, 4.69) is 15.5 Å². The number of hydrogen-bond donors (Lipinski definition) is 0. The van der Waals surface area contributed by atoms with Crippen LogP contribution in [0.25, 0.3) is 0 Å². The van der Waals surface area contributed by atoms with Crippen LogP contribution in [-0.4, -0.2) is 43.7 Å². The molecule has 0 unspecified atom stereocenters. The second-order valence-electron chi connectivity index (χ2n) is 4.61. The van der Waals surface area contributed by atoms with Gasteiger partial charge in [-0.3, -0.25) is 4.79 Å². The summed E-state index contributed by atoms with van der Waals surface area (Å²) in [5.41, 5.74) is -0.643. The minimum atomic E-state index is -4.42. The number of ether oxygens (including phenoxy) is 1. The van der Waals surface area contributed by atoms with Crippen LogP contribution in [0.5, 0.6) is 0 Å². The maximum atomic E-state index is 12.2. The van der Waals surface area contributed by atoms with E-state index in [0.717, 1.165) is 11.8 Å². The summed E-state index contributed by atoms with van der Waals surface area (Å²) in [5.74, 6) is -0.700. The summed E-state index contributed by atoms with van der Waals surface area (Å²) in [4.78, 5) is 11.4. The van der Waals surface area contributed by atoms with Crippen molar-refractivity contribution in [3.63, 3.8) is 0 Å². The van der Waals surface area contributed by atoms with Crippen molar-refractivity contribution >= 4 is 17.7 Å². The van der Waals surface area contributed by atoms with Crippen molar-refractivity contribution in [3.05, 3.63) is 0 Å². The SMILES string of the molecule is CC(C)(C)OC(=O)CSc1nnnn1CC(F)(F)F. The first-order valence-corrected chi connectivity index (χ1v) is 6.23. The van der Waals surface area contributed by atoms with E-state index in [1.54, 1.807) is 20.8 Å². The summed E-state index contributed by atoms with van der Waals surface area (Å²) >= 11 is 0.796. The van der Waals surface area contributed by atoms with Gasteiger partial charge in [0.15, 0.2) is 0 Å². The summed E-state index contributed by atoms with van der Waals surface area (Å²) in [6.07, 6.45) is -4.42. The van der Waals surface area contributed by atoms with Crippen LogP contribution in [0.4, 0.5) is 13.2 Å². The lowest BCUT2D eigenvalue weighted by Gasteiger charge is -2.19. The van der Waals surface area contributed by atoms with Crippen molar-refractivity contribution in [2.24, 2.45) is 0 Å². The number of hydrogen-bond acceptors (Lipinski definition) is 6. The normalized spacial score (nSPS) is 12.5. The Labute approximate surface area is 111 Å². The maximum Gasteiger partial charge on any atom is 0.408 e. The molecule has 0 saturated carbocycles. The van der Waals surface area contributed by atoms with Gasteiger partial charge in [-0.15, -0.1) is 5.10 Å². The molecule has 1 heterocycles. The van der Waals surface area contributed by atoms with E-state index in [4.69, 9.17) is 4.74 Å². The zero-order chi connectivity index (χ0) is 14.7. The van der Waals surface area contributed by atoms with Crippen molar-refractivity contribution in [3.8, 4) is 0 Å². The number of carbonyl (C=O) groups is 1. The molecule has 0 saturated heterocycles. The molecule has 0 bridgehead atoms. The van der Waals surface area contributed by atoms with E-state index < -0.39 is 24.3 Å². The molecular weight excluding hydrogens is 285 g/mol. The topological polar surface area (TPSA) is 69.9 Å². The van der Waals surface area contributed by atoms with Gasteiger partial charge in [0.1, 0.15) is 12.1 Å². The zero-order valence-electron chi connectivity index (χ0n) is 10.6. The van der Waals surface area contributed by atoms with Crippen LogP contribution >= 0.6 is 11.8 Å². The van der Waals surface area contributed by atoms with Gasteiger partial charge in [-0.1, -0.05) is 11.8 Å². The quantitative estimate of drug-likeness (QED) is 0.622. The third-order valence-corrected chi connectivity index (χ3v) is 2.50. The molecule has 0 aliphatic heterocycles. The highest BCUT2D eigenvalue weighted by Crippen LogP contribution is 2.21. The molecule has 0 fully saturated rings. The molecule has 19 heavy (non-hydrogen) atoms. The second kappa shape index (κ2) is 5.76. The molecule has 0 amide bonds. The van der Waals surface area contributed by atoms with Crippen LogP contribution in [0.1, 0.15) is 20.8 Å². The molecule has 10 heteroatoms. The predicted octanol–water partition coefficient (Wildman–Crippen LogP) is 1.67. The largest absolute Gasteiger partial charge is 0.459 e. The minimum Gasteiger partial charge on any atom is -0.459 e. The van der Waals surface area contributed by atoms with Gasteiger partial charge in [-0.25, -0.2) is 4.68 Å². The fourth-order valence-corrected chi connectivity index (χ4v) is 1.71. The van der Waals surface area contributed by atoms with Crippen molar-refractivity contribution in [2.45, 2.75) is 44.2 Å². The number of alkyl halides is 3. The van der Waals surface area contributed by atoms with Gasteiger partial charge in [0.25, 0.3) is 0 Å². The Morgan fingerprint density at radius 1 is 1.37 bits per heavy atom. The molecular formula is C9H13F3N4O2S. The third kappa shape index (κ3) is 6.41. The second-order valence-corrected chi connectivity index (χ2v) is 5.55. The Balaban J connectivity index is 2.55. The van der Waals surface area contributed by atoms with Gasteiger partial charge in [-0.2, -0.15) is 13.2 Å². The number of tetrazole rings is 1. The number of nitrogens with zero attached hydrogens (tertiary/aromatic N) is 4. The molecule has 0 aliphatic rings. The van der Waals surface area contributed by atoms with Gasteiger partial charge >= 0.3 is 12.1 Å². The predicted molar refractivity (Wildman–Crippen MR) is 60.4 cm³/mol. The molecule has 0 aliphatic carbocycles. The van der Waals surface area contributed by atoms with E-state index in [1.165, 1.54) is 0 Å². The molecule has 1 rings (SSSR count). The van der Waals surface area contributed by atoms with Gasteiger partial charge in [0, 0.05) is 0 Å². The van der Waals surface area contributed by atoms with Crippen LogP contribution in [0, 0.1) is 0 Å². The summed E-state index contributed by atoms with van der Waals surface area (Å²) in [6, 6.07) is 0. The molecule has 1 aromatic heterocycles. The fourth-order valence-electron chi connectivity index (χ4n) is 1.06. The van der Waals surface area contributed by atoms with Gasteiger partial charge in [0.2, 0.25) is 5.16 Å². The number of carbonyl (C=O) groups excluding carboxylic acids is 1. The smallest absolute Gasteiger partial charge is 0.408 e. The fraction of sp³-hybridized carbons (Fsp3) is 0.778. The summed E-state index contributed by atoms with van der Waals surface area (Å²) in [6.45, 7) is 3.80. The van der Waals surface area contributed by atoms with E-state index in [9.17, 15) is 18.0 Å². The average molecular weight is 298 g/mol. The Bertz CT molecular complexity index is 441. The van der Waals surface area contributed by atoms with Crippen LogP contribution < -0.4 is 0 Å². The summed E-state index contributed by atoms with van der Waals surface area (Å²) < 4.78 is 42.2. The van der Waals surface area contributed by atoms with Gasteiger partial charge < -0.3 is 4.74 Å². The number of rotatable bonds is 4. The molecule has 108 valence electrons. The number of aromatic nitrogens is 4. The van der Waals surface area contributed by atoms with Gasteiger partial charge in [-0.05, 0) is 31.2 Å². The van der Waals surface area contributed by atoms with Crippen molar-refractivity contribution in [1.82, 2.24) is 20.2 Å². The maximum absolute atomic E-state index is 12.2. The highest BCUT2D eigenvalue weighted by atomic mass is 32.2. The molecule has 1 aromatic rings. The molecule has 0 N–H and O–H groups in total. The first-order chi connectivity index (χ1) is 8.57. The van der Waals surface area contributed by atoms with Gasteiger partial charge in [0.05, 0.1) is 5.75 Å². The summed E-state index contributed by atoms with van der Waals surface area (Å²) in [7, 11) is 0. The highest BCUT2D eigenvalue weighted by Gasteiger charge is 2.30. The van der Waals surface area contributed by atoms with Crippen LogP contribution in [0.15, 0.2) is 5.16 Å². The third-order valence-electron chi connectivity index (χ3n) is 1.57. The van der Waals surface area contributed by atoms with E-state index >= 15 is 0 Å². The van der Waals surface area contributed by atoms with Crippen LogP contribution in [0.3, 0.4) is 0 Å². The van der Waals surface area contributed by atoms with Crippen molar-refractivity contribution in [2.75, 3.05) is 5.75 Å². The molecule has 0 aromatic carbocycles. The van der Waals surface area contributed by atoms with Crippen molar-refractivity contribution in [1.29, 1.82) is 0 Å². The van der Waals surface area contributed by atoms with Crippen LogP contribution in [0.2, 0.25) is 0 Å². The lowest BCUT2D eigenvalue weighted by atomic mass is 10.2. The lowest BCUT2D eigenvalue weighted by Crippen LogP contribution is -2.25. The lowest BCUT2D eigenvalue weighted by molar-refractivity contribution is -0.151. The molecule has 0 atom stereocenters. The highest BCUT2D eigenvalue weighted by molar-refractivity contribution is 7.99. The monoisotopic (exact) mass is 298 g/mol. The zero-order valence-corrected chi connectivity index (χ0v) is 11.4. The Hall–Kier alpha value is -1.32. The number of esters is 1. The Morgan fingerprint density at radius 3 is 2.53 bits per heavy atom. The van der Waals surface area contributed by atoms with E-state index in [1.807, 2.05) is 0 Å². The Morgan fingerprint density at radius 2 is 2.00 bits per heavy atom. The first kappa shape index (κ1) is 15.7. The first-order valence-electron chi connectivity index (χ1n) is 5.24. The Kier molecular flexibility index (Phi) is 4.77. The summed E-state index contributed by atoms with van der Waals surface area (Å²) in [5, 5.41) is 9.71. The van der Waals surface area contributed by atoms with E-state index in [0.29, 0.717) is 4.68 Å². The van der Waals surface area contributed by atoms with Crippen LogP contribution in [-0.2, 0) is 16.1 Å². The minimum absolute atomic E-state index is 0.0804. The average Bonchev–Trinajstić information content (AvgIpc) is 2.56. The number of thioether (sulfide) groups is 1. The van der Waals surface area contributed by atoms with Crippen molar-refractivity contribution < 1.29 is 22.7 Å². The molecule has 0 radical (unpaired) electrons. The molecule has 6 nitrogen and oxygen atoms in total. The number of halogens is 3.